The average molecular weight is 265 g/mol. The first-order valence-electron chi connectivity index (χ1n) is 6.73. The lowest BCUT2D eigenvalue weighted by Gasteiger charge is -2.23. The summed E-state index contributed by atoms with van der Waals surface area (Å²) in [7, 11) is -2.97. The molecule has 1 saturated heterocycles. The Morgan fingerprint density at radius 3 is 2.94 bits per heavy atom. The molecule has 0 aromatic heterocycles. The topological polar surface area (TPSA) is 46.2 Å². The minimum absolute atomic E-state index is 0.285. The van der Waals surface area contributed by atoms with E-state index >= 15 is 0 Å². The Kier molecular flexibility index (Phi) is 3.16. The number of hydrogen-bond acceptors (Lipinski definition) is 3. The number of nitrogens with one attached hydrogen (secondary N) is 1. The minimum atomic E-state index is -2.97. The van der Waals surface area contributed by atoms with Crippen LogP contribution in [-0.2, 0) is 22.7 Å². The van der Waals surface area contributed by atoms with Gasteiger partial charge in [0.2, 0.25) is 0 Å². The van der Waals surface area contributed by atoms with Gasteiger partial charge in [-0.25, -0.2) is 8.42 Å². The van der Waals surface area contributed by atoms with Gasteiger partial charge in [-0.2, -0.15) is 0 Å². The summed E-state index contributed by atoms with van der Waals surface area (Å²) in [6, 6.07) is 6.44. The second-order valence-corrected chi connectivity index (χ2v) is 7.44. The molecule has 4 heteroatoms. The van der Waals surface area contributed by atoms with E-state index in [1.807, 2.05) is 6.07 Å². The van der Waals surface area contributed by atoms with Gasteiger partial charge < -0.3 is 5.32 Å². The van der Waals surface area contributed by atoms with E-state index in [-0.39, 0.29) is 5.75 Å². The van der Waals surface area contributed by atoms with Crippen LogP contribution < -0.4 is 5.32 Å². The molecule has 0 bridgehead atoms. The van der Waals surface area contributed by atoms with Gasteiger partial charge >= 0.3 is 0 Å². The molecule has 1 aromatic rings. The zero-order chi connectivity index (χ0) is 12.6. The number of benzene rings is 1. The molecule has 0 aliphatic carbocycles. The number of fused-ring (bicyclic) bond motifs is 1. The van der Waals surface area contributed by atoms with E-state index < -0.39 is 9.84 Å². The van der Waals surface area contributed by atoms with E-state index in [0.29, 0.717) is 17.4 Å². The summed E-state index contributed by atoms with van der Waals surface area (Å²) in [6.45, 7) is 1.12. The van der Waals surface area contributed by atoms with Crippen molar-refractivity contribution < 1.29 is 8.42 Å². The number of piperidine rings is 1. The lowest BCUT2D eigenvalue weighted by atomic mass is 9.96. The highest BCUT2D eigenvalue weighted by molar-refractivity contribution is 7.91. The smallest absolute Gasteiger partial charge is 0.178 e. The molecule has 1 atom stereocenters. The predicted octanol–water partition coefficient (Wildman–Crippen LogP) is 1.70. The van der Waals surface area contributed by atoms with Crippen LogP contribution in [0.1, 0.15) is 30.4 Å². The van der Waals surface area contributed by atoms with Crippen molar-refractivity contribution in [2.45, 2.75) is 43.0 Å². The van der Waals surface area contributed by atoms with Gasteiger partial charge in [-0.3, -0.25) is 0 Å². The van der Waals surface area contributed by atoms with Crippen LogP contribution in [0, 0.1) is 0 Å². The van der Waals surface area contributed by atoms with Crippen molar-refractivity contribution in [3.05, 3.63) is 29.3 Å². The van der Waals surface area contributed by atoms with Gasteiger partial charge in [-0.15, -0.1) is 0 Å². The average Bonchev–Trinajstić information content (AvgIpc) is 2.66. The molecule has 0 amide bonds. The second-order valence-electron chi connectivity index (χ2n) is 5.36. The second kappa shape index (κ2) is 4.67. The van der Waals surface area contributed by atoms with Gasteiger partial charge in [0.1, 0.15) is 0 Å². The van der Waals surface area contributed by atoms with Crippen molar-refractivity contribution >= 4 is 9.84 Å². The summed E-state index contributed by atoms with van der Waals surface area (Å²) in [4.78, 5) is 0.558. The lowest BCUT2D eigenvalue weighted by molar-refractivity contribution is 0.399. The number of aryl methyl sites for hydroxylation is 1. The normalized spacial score (nSPS) is 25.9. The molecule has 1 fully saturated rings. The van der Waals surface area contributed by atoms with Crippen molar-refractivity contribution in [1.29, 1.82) is 0 Å². The highest BCUT2D eigenvalue weighted by atomic mass is 32.2. The maximum absolute atomic E-state index is 11.7. The Labute approximate surface area is 109 Å². The third kappa shape index (κ3) is 2.31. The Balaban J connectivity index is 1.79. The Morgan fingerprint density at radius 1 is 1.28 bits per heavy atom. The summed E-state index contributed by atoms with van der Waals surface area (Å²) < 4.78 is 23.5. The summed E-state index contributed by atoms with van der Waals surface area (Å²) in [5, 5.41) is 3.53. The Morgan fingerprint density at radius 2 is 2.17 bits per heavy atom. The fraction of sp³-hybridized carbons (Fsp3) is 0.571. The largest absolute Gasteiger partial charge is 0.314 e. The zero-order valence-electron chi connectivity index (χ0n) is 10.5. The quantitative estimate of drug-likeness (QED) is 0.885. The predicted molar refractivity (Wildman–Crippen MR) is 71.5 cm³/mol. The zero-order valence-corrected chi connectivity index (χ0v) is 11.3. The number of sulfone groups is 1. The molecule has 1 unspecified atom stereocenters. The highest BCUT2D eigenvalue weighted by Crippen LogP contribution is 2.27. The molecular weight excluding hydrogens is 246 g/mol. The van der Waals surface area contributed by atoms with Crippen molar-refractivity contribution in [1.82, 2.24) is 5.32 Å². The minimum Gasteiger partial charge on any atom is -0.314 e. The molecule has 0 spiro atoms. The van der Waals surface area contributed by atoms with Crippen LogP contribution >= 0.6 is 0 Å². The fourth-order valence-corrected chi connectivity index (χ4v) is 4.54. The van der Waals surface area contributed by atoms with Gasteiger partial charge in [0.25, 0.3) is 0 Å². The van der Waals surface area contributed by atoms with Crippen LogP contribution in [0.25, 0.3) is 0 Å². The standard InChI is InChI=1S/C14H19NO2S/c16-18(17)8-6-12-9-11(4-5-14(12)18)10-13-3-1-2-7-15-13/h4-5,9,13,15H,1-3,6-8,10H2. The molecule has 2 aliphatic rings. The summed E-state index contributed by atoms with van der Waals surface area (Å²) in [5.74, 6) is 0.285. The van der Waals surface area contributed by atoms with E-state index in [2.05, 4.69) is 11.4 Å². The molecule has 0 saturated carbocycles. The highest BCUT2D eigenvalue weighted by Gasteiger charge is 2.26. The molecule has 18 heavy (non-hydrogen) atoms. The van der Waals surface area contributed by atoms with E-state index in [9.17, 15) is 8.42 Å². The monoisotopic (exact) mass is 265 g/mol. The van der Waals surface area contributed by atoms with Crippen LogP contribution in [0.15, 0.2) is 23.1 Å². The maximum Gasteiger partial charge on any atom is 0.178 e. The molecule has 1 aromatic carbocycles. The lowest BCUT2D eigenvalue weighted by Crippen LogP contribution is -2.35. The van der Waals surface area contributed by atoms with E-state index in [0.717, 1.165) is 18.5 Å². The van der Waals surface area contributed by atoms with Crippen LogP contribution in [0.4, 0.5) is 0 Å². The first kappa shape index (κ1) is 12.2. The van der Waals surface area contributed by atoms with E-state index in [1.54, 1.807) is 6.07 Å². The SMILES string of the molecule is O=S1(=O)CCc2cc(CC3CCCCN3)ccc21. The van der Waals surface area contributed by atoms with Crippen molar-refractivity contribution in [2.75, 3.05) is 12.3 Å². The van der Waals surface area contributed by atoms with Crippen LogP contribution in [0.2, 0.25) is 0 Å². The van der Waals surface area contributed by atoms with Gasteiger partial charge in [0.15, 0.2) is 9.84 Å². The molecule has 2 aliphatic heterocycles. The summed E-state index contributed by atoms with van der Waals surface area (Å²) >= 11 is 0. The molecule has 98 valence electrons. The number of rotatable bonds is 2. The van der Waals surface area contributed by atoms with E-state index in [1.165, 1.54) is 24.8 Å². The summed E-state index contributed by atoms with van der Waals surface area (Å²) in [5.41, 5.74) is 2.29. The van der Waals surface area contributed by atoms with Gasteiger partial charge in [-0.05, 0) is 49.4 Å². The summed E-state index contributed by atoms with van der Waals surface area (Å²) in [6.07, 6.45) is 5.52. The first-order chi connectivity index (χ1) is 8.65. The van der Waals surface area contributed by atoms with E-state index in [4.69, 9.17) is 0 Å². The first-order valence-corrected chi connectivity index (χ1v) is 8.38. The fourth-order valence-electron chi connectivity index (χ4n) is 3.00. The molecule has 3 nitrogen and oxygen atoms in total. The van der Waals surface area contributed by atoms with Crippen LogP contribution in [-0.4, -0.2) is 26.8 Å². The van der Waals surface area contributed by atoms with Gasteiger partial charge in [0, 0.05) is 6.04 Å². The van der Waals surface area contributed by atoms with Gasteiger partial charge in [0.05, 0.1) is 10.6 Å². The third-order valence-corrected chi connectivity index (χ3v) is 5.80. The third-order valence-electron chi connectivity index (χ3n) is 3.99. The molecule has 3 rings (SSSR count). The Hall–Kier alpha value is -0.870. The molecule has 0 radical (unpaired) electrons. The van der Waals surface area contributed by atoms with Crippen molar-refractivity contribution in [3.63, 3.8) is 0 Å². The van der Waals surface area contributed by atoms with Crippen molar-refractivity contribution in [2.24, 2.45) is 0 Å². The van der Waals surface area contributed by atoms with Crippen molar-refractivity contribution in [3.8, 4) is 0 Å². The van der Waals surface area contributed by atoms with Crippen LogP contribution in [0.3, 0.4) is 0 Å². The van der Waals surface area contributed by atoms with Gasteiger partial charge in [-0.1, -0.05) is 18.6 Å². The molecule has 1 N–H and O–H groups in total. The molecular formula is C14H19NO2S. The molecule has 2 heterocycles. The maximum atomic E-state index is 11.7. The Bertz CT molecular complexity index is 545. The number of hydrogen-bond donors (Lipinski definition) is 1. The van der Waals surface area contributed by atoms with Crippen LogP contribution in [0.5, 0.6) is 0 Å².